The van der Waals surface area contributed by atoms with Crippen LogP contribution >= 0.6 is 0 Å². The second-order valence-electron chi connectivity index (χ2n) is 11.7. The molecule has 30 heavy (non-hydrogen) atoms. The maximum Gasteiger partial charge on any atom is 0.305 e. The van der Waals surface area contributed by atoms with Crippen molar-refractivity contribution in [2.75, 3.05) is 7.11 Å². The van der Waals surface area contributed by atoms with Crippen molar-refractivity contribution in [2.45, 2.75) is 103 Å². The first kappa shape index (κ1) is 22.5. The van der Waals surface area contributed by atoms with Gasteiger partial charge in [0.2, 0.25) is 0 Å². The monoisotopic (exact) mass is 422 g/mol. The molecule has 3 N–H and O–H groups in total. The van der Waals surface area contributed by atoms with Gasteiger partial charge in [-0.2, -0.15) is 0 Å². The number of aliphatic hydroxyl groups excluding tert-OH is 2. The number of carbonyl (C=O) groups is 1. The highest BCUT2D eigenvalue weighted by atomic mass is 16.5. The number of hydrogen-bond donors (Lipinski definition) is 3. The molecular formula is C25H42O5. The Hall–Kier alpha value is -0.650. The number of carbonyl (C=O) groups excluding carboxylic acids is 1. The average molecular weight is 423 g/mol. The smallest absolute Gasteiger partial charge is 0.305 e. The molecule has 0 radical (unpaired) electrons. The van der Waals surface area contributed by atoms with E-state index in [0.29, 0.717) is 42.9 Å². The summed E-state index contributed by atoms with van der Waals surface area (Å²) in [6, 6.07) is 0. The second-order valence-corrected chi connectivity index (χ2v) is 11.7. The van der Waals surface area contributed by atoms with Crippen molar-refractivity contribution >= 4 is 5.97 Å². The van der Waals surface area contributed by atoms with Crippen molar-refractivity contribution in [3.8, 4) is 0 Å². The lowest BCUT2D eigenvalue weighted by Gasteiger charge is -2.65. The third-order valence-electron chi connectivity index (χ3n) is 10.6. The maximum absolute atomic E-state index is 11.7. The molecule has 0 heterocycles. The Morgan fingerprint density at radius 3 is 2.50 bits per heavy atom. The molecule has 0 amide bonds. The molecule has 0 aromatic heterocycles. The lowest BCUT2D eigenvalue weighted by molar-refractivity contribution is -0.249. The third kappa shape index (κ3) is 3.26. The van der Waals surface area contributed by atoms with E-state index in [1.807, 2.05) is 0 Å². The SMILES string of the molecule is COC(=O)CC[C@@H](C)[C@H]1CC[C@H]2[C@@H]3[C@H](O)C[C@]4(O)C[C@H](O)CC[C@]4(C)[C@H]3CC[C@]12C. The van der Waals surface area contributed by atoms with Gasteiger partial charge in [0.1, 0.15) is 0 Å². The molecule has 0 spiro atoms. The molecule has 0 unspecified atom stereocenters. The van der Waals surface area contributed by atoms with Gasteiger partial charge in [0, 0.05) is 19.3 Å². The standard InChI is InChI=1S/C25H42O5/c1-15(5-8-21(28)30-4)17-6-7-18-22-19(10-11-23(17,18)2)24(3)12-9-16(26)13-25(24,29)14-20(22)27/h15-20,22,26-27,29H,5-14H2,1-4H3/t15-,16-,17-,18+,19+,20-,22+,23-,24-,25-/m1/s1. The van der Waals surface area contributed by atoms with E-state index in [4.69, 9.17) is 4.74 Å². The second kappa shape index (κ2) is 7.74. The van der Waals surface area contributed by atoms with Crippen molar-refractivity contribution in [1.29, 1.82) is 0 Å². The van der Waals surface area contributed by atoms with Crippen LogP contribution in [0.2, 0.25) is 0 Å². The number of aliphatic hydroxyl groups is 3. The van der Waals surface area contributed by atoms with Gasteiger partial charge < -0.3 is 20.1 Å². The Labute approximate surface area is 181 Å². The molecule has 4 aliphatic carbocycles. The zero-order valence-corrected chi connectivity index (χ0v) is 19.3. The van der Waals surface area contributed by atoms with Gasteiger partial charge in [-0.15, -0.1) is 0 Å². The van der Waals surface area contributed by atoms with Crippen molar-refractivity contribution in [1.82, 2.24) is 0 Å². The van der Waals surface area contributed by atoms with Gasteiger partial charge in [0.25, 0.3) is 0 Å². The molecule has 10 atom stereocenters. The first-order chi connectivity index (χ1) is 14.1. The van der Waals surface area contributed by atoms with Crippen LogP contribution in [0.5, 0.6) is 0 Å². The van der Waals surface area contributed by atoms with Gasteiger partial charge in [0.15, 0.2) is 0 Å². The van der Waals surface area contributed by atoms with E-state index >= 15 is 0 Å². The van der Waals surface area contributed by atoms with Crippen LogP contribution in [0.3, 0.4) is 0 Å². The highest BCUT2D eigenvalue weighted by Gasteiger charge is 2.67. The van der Waals surface area contributed by atoms with E-state index in [1.165, 1.54) is 13.5 Å². The van der Waals surface area contributed by atoms with Crippen LogP contribution in [0, 0.1) is 40.4 Å². The summed E-state index contributed by atoms with van der Waals surface area (Å²) in [5, 5.41) is 33.1. The Bertz CT molecular complexity index is 666. The van der Waals surface area contributed by atoms with Crippen LogP contribution in [0.25, 0.3) is 0 Å². The zero-order chi connectivity index (χ0) is 21.9. The fourth-order valence-electron chi connectivity index (χ4n) is 8.85. The lowest BCUT2D eigenvalue weighted by Crippen LogP contribution is -2.66. The third-order valence-corrected chi connectivity index (χ3v) is 10.6. The Kier molecular flexibility index (Phi) is 5.81. The molecule has 4 rings (SSSR count). The number of methoxy groups -OCH3 is 1. The van der Waals surface area contributed by atoms with E-state index in [2.05, 4.69) is 20.8 Å². The van der Waals surface area contributed by atoms with Gasteiger partial charge in [-0.05, 0) is 85.4 Å². The van der Waals surface area contributed by atoms with E-state index in [1.54, 1.807) is 0 Å². The molecule has 4 fully saturated rings. The predicted molar refractivity (Wildman–Crippen MR) is 114 cm³/mol. The quantitative estimate of drug-likeness (QED) is 0.602. The molecule has 0 aromatic carbocycles. The van der Waals surface area contributed by atoms with Crippen molar-refractivity contribution < 1.29 is 24.9 Å². The normalized spacial score (nSPS) is 51.4. The Balaban J connectivity index is 1.56. The van der Waals surface area contributed by atoms with Crippen LogP contribution in [0.1, 0.15) is 85.0 Å². The lowest BCUT2D eigenvalue weighted by atomic mass is 9.42. The fourth-order valence-corrected chi connectivity index (χ4v) is 8.85. The first-order valence-electron chi connectivity index (χ1n) is 12.2. The van der Waals surface area contributed by atoms with Crippen molar-refractivity contribution in [2.24, 2.45) is 40.4 Å². The maximum atomic E-state index is 11.7. The Morgan fingerprint density at radius 1 is 1.07 bits per heavy atom. The molecule has 5 heteroatoms. The number of fused-ring (bicyclic) bond motifs is 5. The number of rotatable bonds is 4. The molecule has 4 saturated carbocycles. The average Bonchev–Trinajstić information content (AvgIpc) is 3.04. The zero-order valence-electron chi connectivity index (χ0n) is 19.3. The summed E-state index contributed by atoms with van der Waals surface area (Å²) in [6.07, 6.45) is 7.29. The number of ether oxygens (including phenoxy) is 1. The van der Waals surface area contributed by atoms with Crippen molar-refractivity contribution in [3.05, 3.63) is 0 Å². The molecule has 0 aromatic rings. The van der Waals surface area contributed by atoms with Gasteiger partial charge in [-0.3, -0.25) is 4.79 Å². The predicted octanol–water partition coefficient (Wildman–Crippen LogP) is 3.68. The fraction of sp³-hybridized carbons (Fsp3) is 0.960. The number of esters is 1. The minimum absolute atomic E-state index is 0.125. The van der Waals surface area contributed by atoms with Crippen LogP contribution in [-0.2, 0) is 9.53 Å². The van der Waals surface area contributed by atoms with Crippen LogP contribution < -0.4 is 0 Å². The van der Waals surface area contributed by atoms with Gasteiger partial charge in [-0.25, -0.2) is 0 Å². The van der Waals surface area contributed by atoms with Crippen molar-refractivity contribution in [3.63, 3.8) is 0 Å². The topological polar surface area (TPSA) is 87.0 Å². The summed E-state index contributed by atoms with van der Waals surface area (Å²) in [6.45, 7) is 6.95. The van der Waals surface area contributed by atoms with Gasteiger partial charge in [0.05, 0.1) is 24.9 Å². The first-order valence-corrected chi connectivity index (χ1v) is 12.2. The molecule has 0 saturated heterocycles. The molecular weight excluding hydrogens is 380 g/mol. The Morgan fingerprint density at radius 2 is 1.80 bits per heavy atom. The van der Waals surface area contributed by atoms with Crippen LogP contribution in [-0.4, -0.2) is 46.2 Å². The van der Waals surface area contributed by atoms with Gasteiger partial charge >= 0.3 is 5.97 Å². The summed E-state index contributed by atoms with van der Waals surface area (Å²) in [7, 11) is 1.46. The molecule has 4 aliphatic rings. The minimum Gasteiger partial charge on any atom is -0.469 e. The summed E-state index contributed by atoms with van der Waals surface area (Å²) in [5.74, 6) is 1.95. The van der Waals surface area contributed by atoms with E-state index in [9.17, 15) is 20.1 Å². The highest BCUT2D eigenvalue weighted by molar-refractivity contribution is 5.69. The highest BCUT2D eigenvalue weighted by Crippen LogP contribution is 2.69. The van der Waals surface area contributed by atoms with E-state index < -0.39 is 17.8 Å². The van der Waals surface area contributed by atoms with E-state index in [0.717, 1.165) is 38.5 Å². The van der Waals surface area contributed by atoms with Crippen LogP contribution in [0.4, 0.5) is 0 Å². The van der Waals surface area contributed by atoms with Crippen LogP contribution in [0.15, 0.2) is 0 Å². The van der Waals surface area contributed by atoms with Gasteiger partial charge in [-0.1, -0.05) is 20.8 Å². The molecule has 0 bridgehead atoms. The molecule has 0 aliphatic heterocycles. The minimum atomic E-state index is -0.954. The summed E-state index contributed by atoms with van der Waals surface area (Å²) >= 11 is 0. The molecule has 172 valence electrons. The summed E-state index contributed by atoms with van der Waals surface area (Å²) in [4.78, 5) is 11.7. The van der Waals surface area contributed by atoms with E-state index in [-0.39, 0.29) is 22.7 Å². The summed E-state index contributed by atoms with van der Waals surface area (Å²) in [5.41, 5.74) is -0.978. The summed E-state index contributed by atoms with van der Waals surface area (Å²) < 4.78 is 4.84. The molecule has 5 nitrogen and oxygen atoms in total. The number of hydrogen-bond acceptors (Lipinski definition) is 5. The largest absolute Gasteiger partial charge is 0.469 e.